The number of carbonyl (C=O) groups excluding carboxylic acids is 1. The van der Waals surface area contributed by atoms with Crippen LogP contribution < -0.4 is 14.8 Å². The molecule has 1 amide bonds. The number of rotatable bonds is 6. The van der Waals surface area contributed by atoms with Gasteiger partial charge in [-0.05, 0) is 49.6 Å². The molecule has 35 heavy (non-hydrogen) atoms. The minimum absolute atomic E-state index is 0. The fourth-order valence-electron chi connectivity index (χ4n) is 5.07. The molecule has 3 atom stereocenters. The molecule has 2 N–H and O–H groups in total. The lowest BCUT2D eigenvalue weighted by Crippen LogP contribution is -2.45. The second-order valence-electron chi connectivity index (χ2n) is 9.44. The number of fused-ring (bicyclic) bond motifs is 2. The zero-order valence-electron chi connectivity index (χ0n) is 20.0. The van der Waals surface area contributed by atoms with Crippen molar-refractivity contribution in [2.75, 3.05) is 39.3 Å². The molecule has 9 heteroatoms. The summed E-state index contributed by atoms with van der Waals surface area (Å²) < 4.78 is 12.1. The summed E-state index contributed by atoms with van der Waals surface area (Å²) in [4.78, 5) is 17.3. The van der Waals surface area contributed by atoms with E-state index in [0.717, 1.165) is 44.8 Å². The Kier molecular flexibility index (Phi) is 9.67. The van der Waals surface area contributed by atoms with Crippen molar-refractivity contribution in [3.05, 3.63) is 59.2 Å². The molecule has 3 heterocycles. The zero-order valence-corrected chi connectivity index (χ0v) is 21.7. The standard InChI is InChI=1S/C26H33N3O4.2ClH/c1-18-14-29(17-21(30)16-28-11-9-19-4-2-3-5-20(19)15-28)26(31)24-7-6-22(12-25(24)32-18)33-23-8-10-27-13-23;;/h2-7,12,18,21,23,27,30H,8-11,13-17H2,1H3;2*1H/t18-,21-,23-;;/m1../s1. The van der Waals surface area contributed by atoms with E-state index in [1.165, 1.54) is 11.1 Å². The molecule has 7 nitrogen and oxygen atoms in total. The Labute approximate surface area is 219 Å². The van der Waals surface area contributed by atoms with E-state index in [9.17, 15) is 9.90 Å². The number of β-amino-alcohol motifs (C(OH)–C–C–N with tert-alkyl or cyclic N) is 1. The fraction of sp³-hybridized carbons (Fsp3) is 0.500. The largest absolute Gasteiger partial charge is 0.489 e. The van der Waals surface area contributed by atoms with Crippen molar-refractivity contribution in [1.29, 1.82) is 0 Å². The van der Waals surface area contributed by atoms with Crippen molar-refractivity contribution in [1.82, 2.24) is 15.1 Å². The quantitative estimate of drug-likeness (QED) is 0.606. The Bertz CT molecular complexity index is 1000. The van der Waals surface area contributed by atoms with E-state index in [2.05, 4.69) is 34.5 Å². The fourth-order valence-corrected chi connectivity index (χ4v) is 5.07. The summed E-state index contributed by atoms with van der Waals surface area (Å²) in [6, 6.07) is 13.9. The lowest BCUT2D eigenvalue weighted by molar-refractivity contribution is 0.0454. The maximum atomic E-state index is 13.3. The number of ether oxygens (including phenoxy) is 2. The molecule has 192 valence electrons. The second kappa shape index (κ2) is 12.3. The second-order valence-corrected chi connectivity index (χ2v) is 9.44. The van der Waals surface area contributed by atoms with Crippen molar-refractivity contribution in [3.8, 4) is 11.5 Å². The number of nitrogens with one attached hydrogen (secondary N) is 1. The molecule has 3 aliphatic heterocycles. The zero-order chi connectivity index (χ0) is 22.8. The highest BCUT2D eigenvalue weighted by Crippen LogP contribution is 2.30. The van der Waals surface area contributed by atoms with Crippen LogP contribution in [0.5, 0.6) is 11.5 Å². The first-order valence-electron chi connectivity index (χ1n) is 12.0. The Morgan fingerprint density at radius 3 is 2.74 bits per heavy atom. The van der Waals surface area contributed by atoms with Crippen LogP contribution in [0.4, 0.5) is 0 Å². The van der Waals surface area contributed by atoms with Crippen LogP contribution in [0.15, 0.2) is 42.5 Å². The topological polar surface area (TPSA) is 74.3 Å². The smallest absolute Gasteiger partial charge is 0.257 e. The number of hydrogen-bond donors (Lipinski definition) is 2. The van der Waals surface area contributed by atoms with Gasteiger partial charge in [-0.1, -0.05) is 24.3 Å². The molecular formula is C26H35Cl2N3O4. The molecule has 3 aliphatic rings. The summed E-state index contributed by atoms with van der Waals surface area (Å²) in [7, 11) is 0. The first-order chi connectivity index (χ1) is 16.0. The molecule has 2 aromatic rings. The highest BCUT2D eigenvalue weighted by molar-refractivity contribution is 5.97. The van der Waals surface area contributed by atoms with E-state index in [4.69, 9.17) is 9.47 Å². The molecule has 1 saturated heterocycles. The molecule has 0 spiro atoms. The van der Waals surface area contributed by atoms with Gasteiger partial charge in [0.2, 0.25) is 0 Å². The normalized spacial score (nSPS) is 22.6. The molecule has 0 saturated carbocycles. The minimum Gasteiger partial charge on any atom is -0.489 e. The molecular weight excluding hydrogens is 489 g/mol. The number of amides is 1. The molecule has 0 radical (unpaired) electrons. The number of aliphatic hydroxyl groups excluding tert-OH is 1. The van der Waals surface area contributed by atoms with E-state index in [1.54, 1.807) is 11.0 Å². The monoisotopic (exact) mass is 523 g/mol. The number of halogens is 2. The van der Waals surface area contributed by atoms with Crippen molar-refractivity contribution in [3.63, 3.8) is 0 Å². The van der Waals surface area contributed by atoms with Crippen molar-refractivity contribution < 1.29 is 19.4 Å². The van der Waals surface area contributed by atoms with Gasteiger partial charge in [0.1, 0.15) is 23.7 Å². The average molecular weight is 524 g/mol. The molecule has 2 aromatic carbocycles. The van der Waals surface area contributed by atoms with Crippen LogP contribution in [0.2, 0.25) is 0 Å². The van der Waals surface area contributed by atoms with Gasteiger partial charge in [-0.3, -0.25) is 9.69 Å². The molecule has 0 aliphatic carbocycles. The molecule has 0 aromatic heterocycles. The number of carbonyl (C=O) groups is 1. The van der Waals surface area contributed by atoms with Crippen molar-refractivity contribution in [2.24, 2.45) is 0 Å². The van der Waals surface area contributed by atoms with Crippen molar-refractivity contribution >= 4 is 30.7 Å². The Hall–Kier alpha value is -2.03. The molecule has 1 fully saturated rings. The summed E-state index contributed by atoms with van der Waals surface area (Å²) in [5, 5.41) is 14.1. The van der Waals surface area contributed by atoms with Gasteiger partial charge >= 0.3 is 0 Å². The van der Waals surface area contributed by atoms with Gasteiger partial charge in [0.25, 0.3) is 5.91 Å². The predicted octanol–water partition coefficient (Wildman–Crippen LogP) is 2.91. The molecule has 0 bridgehead atoms. The van der Waals surface area contributed by atoms with Crippen LogP contribution in [0, 0.1) is 0 Å². The van der Waals surface area contributed by atoms with Crippen LogP contribution in [0.25, 0.3) is 0 Å². The van der Waals surface area contributed by atoms with Crippen LogP contribution >= 0.6 is 24.8 Å². The third-order valence-corrected chi connectivity index (χ3v) is 6.70. The predicted molar refractivity (Wildman–Crippen MR) is 140 cm³/mol. The first kappa shape index (κ1) is 27.6. The molecule has 0 unspecified atom stereocenters. The van der Waals surface area contributed by atoms with Crippen LogP contribution in [-0.4, -0.2) is 78.4 Å². The van der Waals surface area contributed by atoms with E-state index >= 15 is 0 Å². The van der Waals surface area contributed by atoms with Gasteiger partial charge < -0.3 is 24.8 Å². The maximum Gasteiger partial charge on any atom is 0.257 e. The summed E-state index contributed by atoms with van der Waals surface area (Å²) in [6.45, 7) is 6.78. The molecule has 5 rings (SSSR count). The Balaban J connectivity index is 0.00000171. The SMILES string of the molecule is C[C@@H]1CN(C[C@H](O)CN2CCc3ccccc3C2)C(=O)c2ccc(O[C@@H]3CCNC3)cc2O1.Cl.Cl. The van der Waals surface area contributed by atoms with Crippen LogP contribution in [0.1, 0.15) is 34.8 Å². The average Bonchev–Trinajstić information content (AvgIpc) is 3.27. The minimum atomic E-state index is -0.620. The lowest BCUT2D eigenvalue weighted by atomic mass is 10.00. The van der Waals surface area contributed by atoms with Gasteiger partial charge in [0, 0.05) is 38.8 Å². The lowest BCUT2D eigenvalue weighted by Gasteiger charge is -2.32. The highest BCUT2D eigenvalue weighted by Gasteiger charge is 2.30. The van der Waals surface area contributed by atoms with Crippen LogP contribution in [-0.2, 0) is 13.0 Å². The third kappa shape index (κ3) is 6.60. The van der Waals surface area contributed by atoms with Crippen LogP contribution in [0.3, 0.4) is 0 Å². The summed E-state index contributed by atoms with van der Waals surface area (Å²) in [5.74, 6) is 1.17. The van der Waals surface area contributed by atoms with Gasteiger partial charge in [0.05, 0.1) is 18.2 Å². The van der Waals surface area contributed by atoms with Gasteiger partial charge in [0.15, 0.2) is 0 Å². The number of nitrogens with zero attached hydrogens (tertiary/aromatic N) is 2. The summed E-state index contributed by atoms with van der Waals surface area (Å²) in [6.07, 6.45) is 1.32. The first-order valence-corrected chi connectivity index (χ1v) is 12.0. The van der Waals surface area contributed by atoms with Gasteiger partial charge in [-0.2, -0.15) is 0 Å². The van der Waals surface area contributed by atoms with E-state index in [0.29, 0.717) is 24.4 Å². The summed E-state index contributed by atoms with van der Waals surface area (Å²) in [5.41, 5.74) is 3.24. The van der Waals surface area contributed by atoms with E-state index in [1.807, 2.05) is 19.1 Å². The van der Waals surface area contributed by atoms with Gasteiger partial charge in [-0.25, -0.2) is 0 Å². The number of aliphatic hydroxyl groups is 1. The highest BCUT2D eigenvalue weighted by atomic mass is 35.5. The number of benzene rings is 2. The number of hydrogen-bond acceptors (Lipinski definition) is 6. The Morgan fingerprint density at radius 1 is 1.17 bits per heavy atom. The van der Waals surface area contributed by atoms with Gasteiger partial charge in [-0.15, -0.1) is 24.8 Å². The van der Waals surface area contributed by atoms with E-state index in [-0.39, 0.29) is 49.5 Å². The van der Waals surface area contributed by atoms with Crippen molar-refractivity contribution in [2.45, 2.75) is 44.6 Å². The summed E-state index contributed by atoms with van der Waals surface area (Å²) >= 11 is 0. The third-order valence-electron chi connectivity index (χ3n) is 6.70. The maximum absolute atomic E-state index is 13.3. The Morgan fingerprint density at radius 2 is 1.97 bits per heavy atom. The van der Waals surface area contributed by atoms with E-state index < -0.39 is 6.10 Å².